The summed E-state index contributed by atoms with van der Waals surface area (Å²) in [6.07, 6.45) is 0. The van der Waals surface area contributed by atoms with E-state index in [1.165, 1.54) is 22.4 Å². The first-order valence-electron chi connectivity index (χ1n) is 6.89. The summed E-state index contributed by atoms with van der Waals surface area (Å²) in [5.41, 5.74) is 5.20. The summed E-state index contributed by atoms with van der Waals surface area (Å²) in [5.74, 6) is 1.02. The van der Waals surface area contributed by atoms with Crippen LogP contribution < -0.4 is 9.64 Å². The molecule has 3 heteroatoms. The summed E-state index contributed by atoms with van der Waals surface area (Å²) in [6, 6.07) is 15.0. The van der Waals surface area contributed by atoms with Crippen molar-refractivity contribution in [1.82, 2.24) is 0 Å². The minimum Gasteiger partial charge on any atom is -0.491 e. The molecule has 0 spiro atoms. The lowest BCUT2D eigenvalue weighted by Crippen LogP contribution is -2.25. The van der Waals surface area contributed by atoms with Crippen molar-refractivity contribution in [3.8, 4) is 5.75 Å². The number of anilines is 1. The topological polar surface area (TPSA) is 12.5 Å². The summed E-state index contributed by atoms with van der Waals surface area (Å²) in [5, 5.41) is 0.903. The van der Waals surface area contributed by atoms with Gasteiger partial charge in [-0.05, 0) is 30.2 Å². The Morgan fingerprint density at radius 3 is 2.85 bits per heavy atom. The normalized spacial score (nSPS) is 14.4. The van der Waals surface area contributed by atoms with Crippen LogP contribution in [0.25, 0.3) is 0 Å². The van der Waals surface area contributed by atoms with Crippen LogP contribution in [0, 0.1) is 6.92 Å². The highest BCUT2D eigenvalue weighted by molar-refractivity contribution is 9.08. The summed E-state index contributed by atoms with van der Waals surface area (Å²) in [6.45, 7) is 4.74. The lowest BCUT2D eigenvalue weighted by atomic mass is 10.1. The molecule has 104 valence electrons. The molecular formula is C17H18BrNO. The molecule has 0 radical (unpaired) electrons. The average Bonchev–Trinajstić information content (AvgIpc) is 2.69. The molecule has 0 atom stereocenters. The van der Waals surface area contributed by atoms with Crippen molar-refractivity contribution >= 4 is 21.6 Å². The van der Waals surface area contributed by atoms with Crippen LogP contribution in [0.2, 0.25) is 0 Å². The fraction of sp³-hybridized carbons (Fsp3) is 0.294. The minimum absolute atomic E-state index is 0.733. The zero-order valence-electron chi connectivity index (χ0n) is 11.6. The van der Waals surface area contributed by atoms with Gasteiger partial charge in [0, 0.05) is 23.1 Å². The molecule has 0 aliphatic carbocycles. The number of rotatable bonds is 2. The molecule has 0 amide bonds. The van der Waals surface area contributed by atoms with Crippen molar-refractivity contribution in [2.75, 3.05) is 18.1 Å². The highest BCUT2D eigenvalue weighted by atomic mass is 79.9. The molecule has 0 saturated carbocycles. The Hall–Kier alpha value is -1.48. The number of alkyl halides is 1. The van der Waals surface area contributed by atoms with E-state index in [4.69, 9.17) is 4.74 Å². The van der Waals surface area contributed by atoms with Crippen LogP contribution in [0.4, 0.5) is 5.69 Å². The first-order valence-corrected chi connectivity index (χ1v) is 8.01. The Kier molecular flexibility index (Phi) is 3.97. The van der Waals surface area contributed by atoms with E-state index in [-0.39, 0.29) is 0 Å². The SMILES string of the molecule is Cc1cc(CBr)ccc1N1CCOc2ccccc2C1. The number of hydrogen-bond donors (Lipinski definition) is 0. The molecule has 0 unspecified atom stereocenters. The van der Waals surface area contributed by atoms with E-state index in [0.717, 1.165) is 30.8 Å². The van der Waals surface area contributed by atoms with Gasteiger partial charge >= 0.3 is 0 Å². The Balaban J connectivity index is 1.91. The quantitative estimate of drug-likeness (QED) is 0.761. The minimum atomic E-state index is 0.733. The fourth-order valence-corrected chi connectivity index (χ4v) is 3.04. The van der Waals surface area contributed by atoms with Gasteiger partial charge in [0.2, 0.25) is 0 Å². The van der Waals surface area contributed by atoms with Gasteiger partial charge in [0.25, 0.3) is 0 Å². The van der Waals surface area contributed by atoms with Gasteiger partial charge in [-0.3, -0.25) is 0 Å². The molecule has 0 fully saturated rings. The van der Waals surface area contributed by atoms with E-state index < -0.39 is 0 Å². The van der Waals surface area contributed by atoms with Crippen molar-refractivity contribution in [2.24, 2.45) is 0 Å². The first-order chi connectivity index (χ1) is 9.78. The lowest BCUT2D eigenvalue weighted by molar-refractivity contribution is 0.331. The van der Waals surface area contributed by atoms with Gasteiger partial charge < -0.3 is 9.64 Å². The van der Waals surface area contributed by atoms with Crippen LogP contribution in [-0.4, -0.2) is 13.2 Å². The maximum absolute atomic E-state index is 5.84. The zero-order valence-corrected chi connectivity index (χ0v) is 13.2. The van der Waals surface area contributed by atoms with Gasteiger partial charge in [-0.15, -0.1) is 0 Å². The van der Waals surface area contributed by atoms with Crippen molar-refractivity contribution < 1.29 is 4.74 Å². The third-order valence-corrected chi connectivity index (χ3v) is 4.36. The van der Waals surface area contributed by atoms with Gasteiger partial charge in [0.15, 0.2) is 0 Å². The summed E-state index contributed by atoms with van der Waals surface area (Å²) < 4.78 is 5.84. The molecule has 20 heavy (non-hydrogen) atoms. The van der Waals surface area contributed by atoms with E-state index in [2.05, 4.69) is 64.2 Å². The summed E-state index contributed by atoms with van der Waals surface area (Å²) in [4.78, 5) is 2.40. The third kappa shape index (κ3) is 2.68. The van der Waals surface area contributed by atoms with Gasteiger partial charge in [-0.1, -0.05) is 46.3 Å². The third-order valence-electron chi connectivity index (χ3n) is 3.71. The molecule has 0 bridgehead atoms. The van der Waals surface area contributed by atoms with Gasteiger partial charge in [-0.2, -0.15) is 0 Å². The Morgan fingerprint density at radius 1 is 1.20 bits per heavy atom. The second-order valence-electron chi connectivity index (χ2n) is 5.13. The highest BCUT2D eigenvalue weighted by Crippen LogP contribution is 2.28. The number of benzene rings is 2. The molecule has 0 saturated heterocycles. The number of hydrogen-bond acceptors (Lipinski definition) is 2. The molecule has 3 rings (SSSR count). The summed E-state index contributed by atoms with van der Waals surface area (Å²) in [7, 11) is 0. The maximum atomic E-state index is 5.84. The van der Waals surface area contributed by atoms with E-state index in [1.54, 1.807) is 0 Å². The molecule has 1 aliphatic heterocycles. The van der Waals surface area contributed by atoms with Crippen molar-refractivity contribution in [3.63, 3.8) is 0 Å². The average molecular weight is 332 g/mol. The number of fused-ring (bicyclic) bond motifs is 1. The lowest BCUT2D eigenvalue weighted by Gasteiger charge is -2.24. The molecule has 2 aromatic rings. The predicted molar refractivity (Wildman–Crippen MR) is 86.8 cm³/mol. The zero-order chi connectivity index (χ0) is 13.9. The van der Waals surface area contributed by atoms with E-state index in [1.807, 2.05) is 6.07 Å². The smallest absolute Gasteiger partial charge is 0.124 e. The van der Waals surface area contributed by atoms with Crippen LogP contribution in [0.5, 0.6) is 5.75 Å². The molecule has 1 heterocycles. The molecule has 2 nitrogen and oxygen atoms in total. The Morgan fingerprint density at radius 2 is 2.05 bits per heavy atom. The number of halogens is 1. The first kappa shape index (κ1) is 13.5. The molecule has 0 aromatic heterocycles. The van der Waals surface area contributed by atoms with Gasteiger partial charge in [-0.25, -0.2) is 0 Å². The van der Waals surface area contributed by atoms with E-state index in [0.29, 0.717) is 0 Å². The van der Waals surface area contributed by atoms with Crippen LogP contribution >= 0.6 is 15.9 Å². The van der Waals surface area contributed by atoms with Crippen molar-refractivity contribution in [1.29, 1.82) is 0 Å². The largest absolute Gasteiger partial charge is 0.491 e. The number of aryl methyl sites for hydroxylation is 1. The fourth-order valence-electron chi connectivity index (χ4n) is 2.69. The molecule has 1 aliphatic rings. The van der Waals surface area contributed by atoms with Crippen LogP contribution in [0.1, 0.15) is 16.7 Å². The highest BCUT2D eigenvalue weighted by Gasteiger charge is 2.16. The monoisotopic (exact) mass is 331 g/mol. The molecular weight excluding hydrogens is 314 g/mol. The Labute approximate surface area is 128 Å². The van der Waals surface area contributed by atoms with Crippen LogP contribution in [0.3, 0.4) is 0 Å². The van der Waals surface area contributed by atoms with Crippen LogP contribution in [-0.2, 0) is 11.9 Å². The maximum Gasteiger partial charge on any atom is 0.124 e. The number of ether oxygens (including phenoxy) is 1. The predicted octanol–water partition coefficient (Wildman–Crippen LogP) is 4.29. The second-order valence-corrected chi connectivity index (χ2v) is 5.69. The second kappa shape index (κ2) is 5.88. The van der Waals surface area contributed by atoms with Crippen molar-refractivity contribution in [3.05, 3.63) is 59.2 Å². The van der Waals surface area contributed by atoms with Crippen LogP contribution in [0.15, 0.2) is 42.5 Å². The number of nitrogens with zero attached hydrogens (tertiary/aromatic N) is 1. The van der Waals surface area contributed by atoms with Gasteiger partial charge in [0.1, 0.15) is 12.4 Å². The summed E-state index contributed by atoms with van der Waals surface area (Å²) >= 11 is 3.51. The number of para-hydroxylation sites is 1. The van der Waals surface area contributed by atoms with E-state index in [9.17, 15) is 0 Å². The van der Waals surface area contributed by atoms with E-state index >= 15 is 0 Å². The van der Waals surface area contributed by atoms with Gasteiger partial charge in [0.05, 0.1) is 6.54 Å². The van der Waals surface area contributed by atoms with Crippen molar-refractivity contribution in [2.45, 2.75) is 18.8 Å². The standard InChI is InChI=1S/C17H18BrNO/c1-13-10-14(11-18)6-7-16(13)19-8-9-20-17-5-3-2-4-15(17)12-19/h2-7,10H,8-9,11-12H2,1H3. The molecule has 0 N–H and O–H groups in total. The Bertz CT molecular complexity index is 612. The molecule has 2 aromatic carbocycles.